The van der Waals surface area contributed by atoms with Gasteiger partial charge in [0.25, 0.3) is 0 Å². The molecular weight excluding hydrogens is 390 g/mol. The molecule has 0 aliphatic rings. The standard InChI is InChI=1S/C20H25N5O3S/c1-6-24(11-15-7-8-16(27-4)17(10-15)28-5)19(26)12-29-20-23-22-18-9-13(2)21-14(3)25(18)20/h7-10H,6,11-12H2,1-5H3. The molecule has 0 atom stereocenters. The van der Waals surface area contributed by atoms with Crippen LogP contribution in [0.1, 0.15) is 24.0 Å². The molecule has 0 N–H and O–H groups in total. The summed E-state index contributed by atoms with van der Waals surface area (Å²) in [7, 11) is 3.20. The van der Waals surface area contributed by atoms with Gasteiger partial charge in [-0.3, -0.25) is 9.20 Å². The van der Waals surface area contributed by atoms with E-state index in [2.05, 4.69) is 15.2 Å². The summed E-state index contributed by atoms with van der Waals surface area (Å²) in [5, 5.41) is 9.07. The Morgan fingerprint density at radius 2 is 1.90 bits per heavy atom. The van der Waals surface area contributed by atoms with Gasteiger partial charge in [0.15, 0.2) is 22.3 Å². The largest absolute Gasteiger partial charge is 0.493 e. The monoisotopic (exact) mass is 415 g/mol. The van der Waals surface area contributed by atoms with Crippen LogP contribution < -0.4 is 9.47 Å². The van der Waals surface area contributed by atoms with Crippen molar-refractivity contribution in [1.82, 2.24) is 24.5 Å². The second-order valence-electron chi connectivity index (χ2n) is 6.51. The quantitative estimate of drug-likeness (QED) is 0.523. The molecule has 0 saturated heterocycles. The van der Waals surface area contributed by atoms with Crippen molar-refractivity contribution in [1.29, 1.82) is 0 Å². The summed E-state index contributed by atoms with van der Waals surface area (Å²) < 4.78 is 12.5. The number of amides is 1. The first kappa shape index (κ1) is 20.9. The molecule has 0 bridgehead atoms. The van der Waals surface area contributed by atoms with E-state index in [1.165, 1.54) is 11.8 Å². The fourth-order valence-corrected chi connectivity index (χ4v) is 3.98. The third-order valence-electron chi connectivity index (χ3n) is 4.54. The van der Waals surface area contributed by atoms with E-state index in [4.69, 9.17) is 9.47 Å². The predicted octanol–water partition coefficient (Wildman–Crippen LogP) is 2.90. The van der Waals surface area contributed by atoms with Crippen molar-refractivity contribution < 1.29 is 14.3 Å². The van der Waals surface area contributed by atoms with Gasteiger partial charge in [-0.15, -0.1) is 10.2 Å². The number of aromatic nitrogens is 4. The van der Waals surface area contributed by atoms with Gasteiger partial charge in [0.1, 0.15) is 5.82 Å². The Kier molecular flexibility index (Phi) is 6.58. The third-order valence-corrected chi connectivity index (χ3v) is 5.45. The highest BCUT2D eigenvalue weighted by molar-refractivity contribution is 7.99. The van der Waals surface area contributed by atoms with Crippen LogP contribution in [0, 0.1) is 13.8 Å². The number of aryl methyl sites for hydroxylation is 2. The molecule has 29 heavy (non-hydrogen) atoms. The van der Waals surface area contributed by atoms with Crippen LogP contribution in [-0.2, 0) is 11.3 Å². The number of fused-ring (bicyclic) bond motifs is 1. The molecule has 9 heteroatoms. The van der Waals surface area contributed by atoms with Crippen molar-refractivity contribution in [3.05, 3.63) is 41.3 Å². The lowest BCUT2D eigenvalue weighted by Gasteiger charge is -2.21. The molecule has 1 aromatic carbocycles. The molecule has 0 aliphatic heterocycles. The number of thioether (sulfide) groups is 1. The molecule has 0 saturated carbocycles. The number of ether oxygens (including phenoxy) is 2. The van der Waals surface area contributed by atoms with E-state index in [1.807, 2.05) is 49.4 Å². The van der Waals surface area contributed by atoms with Crippen LogP contribution >= 0.6 is 11.8 Å². The van der Waals surface area contributed by atoms with Crippen LogP contribution in [0.2, 0.25) is 0 Å². The highest BCUT2D eigenvalue weighted by Crippen LogP contribution is 2.28. The number of rotatable bonds is 8. The molecule has 8 nitrogen and oxygen atoms in total. The van der Waals surface area contributed by atoms with Crippen LogP contribution in [0.25, 0.3) is 5.65 Å². The molecular formula is C20H25N5O3S. The Bertz CT molecular complexity index is 1020. The van der Waals surface area contributed by atoms with Gasteiger partial charge in [-0.2, -0.15) is 0 Å². The first-order valence-electron chi connectivity index (χ1n) is 9.27. The fraction of sp³-hybridized carbons (Fsp3) is 0.400. The van der Waals surface area contributed by atoms with Crippen molar-refractivity contribution in [3.8, 4) is 11.5 Å². The Hall–Kier alpha value is -2.81. The lowest BCUT2D eigenvalue weighted by Crippen LogP contribution is -2.31. The summed E-state index contributed by atoms with van der Waals surface area (Å²) in [4.78, 5) is 19.1. The zero-order valence-corrected chi connectivity index (χ0v) is 18.1. The van der Waals surface area contributed by atoms with Crippen LogP contribution in [-0.4, -0.2) is 56.9 Å². The number of benzene rings is 1. The number of nitrogens with zero attached hydrogens (tertiary/aromatic N) is 5. The fourth-order valence-electron chi connectivity index (χ4n) is 3.09. The average molecular weight is 416 g/mol. The Morgan fingerprint density at radius 3 is 2.59 bits per heavy atom. The van der Waals surface area contributed by atoms with Gasteiger partial charge in [-0.25, -0.2) is 4.98 Å². The van der Waals surface area contributed by atoms with E-state index in [0.717, 1.165) is 22.7 Å². The van der Waals surface area contributed by atoms with E-state index in [1.54, 1.807) is 19.1 Å². The smallest absolute Gasteiger partial charge is 0.233 e. The highest BCUT2D eigenvalue weighted by Gasteiger charge is 2.17. The average Bonchev–Trinajstić information content (AvgIpc) is 3.13. The summed E-state index contributed by atoms with van der Waals surface area (Å²) in [6, 6.07) is 7.56. The van der Waals surface area contributed by atoms with Gasteiger partial charge >= 0.3 is 0 Å². The first-order chi connectivity index (χ1) is 14.0. The van der Waals surface area contributed by atoms with E-state index in [9.17, 15) is 4.79 Å². The van der Waals surface area contributed by atoms with Gasteiger partial charge in [0.2, 0.25) is 5.91 Å². The molecule has 3 aromatic rings. The van der Waals surface area contributed by atoms with E-state index in [0.29, 0.717) is 29.7 Å². The molecule has 0 spiro atoms. The first-order valence-corrected chi connectivity index (χ1v) is 10.3. The number of hydrogen-bond acceptors (Lipinski definition) is 7. The Balaban J connectivity index is 1.69. The lowest BCUT2D eigenvalue weighted by atomic mass is 10.2. The SMILES string of the molecule is CCN(Cc1ccc(OC)c(OC)c1)C(=O)CSc1nnc2cc(C)nc(C)n12. The lowest BCUT2D eigenvalue weighted by molar-refractivity contribution is -0.128. The van der Waals surface area contributed by atoms with Gasteiger partial charge in [0, 0.05) is 24.8 Å². The molecule has 0 fully saturated rings. The maximum absolute atomic E-state index is 12.8. The number of carbonyl (C=O) groups is 1. The maximum Gasteiger partial charge on any atom is 0.233 e. The molecule has 0 radical (unpaired) electrons. The normalized spacial score (nSPS) is 10.9. The molecule has 2 heterocycles. The van der Waals surface area contributed by atoms with Crippen molar-refractivity contribution >= 4 is 23.3 Å². The minimum atomic E-state index is 0.0294. The van der Waals surface area contributed by atoms with Crippen LogP contribution in [0.5, 0.6) is 11.5 Å². The van der Waals surface area contributed by atoms with Gasteiger partial charge in [-0.05, 0) is 38.5 Å². The second-order valence-corrected chi connectivity index (χ2v) is 7.45. The molecule has 154 valence electrons. The molecule has 0 unspecified atom stereocenters. The summed E-state index contributed by atoms with van der Waals surface area (Å²) >= 11 is 1.37. The van der Waals surface area contributed by atoms with Crippen molar-refractivity contribution in [2.75, 3.05) is 26.5 Å². The van der Waals surface area contributed by atoms with Crippen molar-refractivity contribution in [2.45, 2.75) is 32.5 Å². The van der Waals surface area contributed by atoms with Crippen LogP contribution in [0.15, 0.2) is 29.4 Å². The molecule has 0 aliphatic carbocycles. The minimum Gasteiger partial charge on any atom is -0.493 e. The van der Waals surface area contributed by atoms with Crippen molar-refractivity contribution in [2.24, 2.45) is 0 Å². The van der Waals surface area contributed by atoms with Crippen LogP contribution in [0.3, 0.4) is 0 Å². The number of carbonyl (C=O) groups excluding carboxylic acids is 1. The maximum atomic E-state index is 12.8. The van der Waals surface area contributed by atoms with E-state index >= 15 is 0 Å². The highest BCUT2D eigenvalue weighted by atomic mass is 32.2. The van der Waals surface area contributed by atoms with Crippen LogP contribution in [0.4, 0.5) is 0 Å². The summed E-state index contributed by atoms with van der Waals surface area (Å²) in [5.74, 6) is 2.42. The van der Waals surface area contributed by atoms with E-state index in [-0.39, 0.29) is 11.7 Å². The zero-order chi connectivity index (χ0) is 21.0. The van der Waals surface area contributed by atoms with Gasteiger partial charge < -0.3 is 14.4 Å². The topological polar surface area (TPSA) is 81.9 Å². The molecule has 1 amide bonds. The Labute approximate surface area is 174 Å². The number of hydrogen-bond donors (Lipinski definition) is 0. The Morgan fingerprint density at radius 1 is 1.14 bits per heavy atom. The summed E-state index contributed by atoms with van der Waals surface area (Å²) in [5.41, 5.74) is 2.61. The third kappa shape index (κ3) is 4.61. The van der Waals surface area contributed by atoms with Gasteiger partial charge in [-0.1, -0.05) is 17.8 Å². The zero-order valence-electron chi connectivity index (χ0n) is 17.3. The molecule has 2 aromatic heterocycles. The summed E-state index contributed by atoms with van der Waals surface area (Å²) in [6.45, 7) is 6.90. The van der Waals surface area contributed by atoms with Crippen molar-refractivity contribution in [3.63, 3.8) is 0 Å². The number of methoxy groups -OCH3 is 2. The van der Waals surface area contributed by atoms with E-state index < -0.39 is 0 Å². The molecule has 3 rings (SSSR count). The minimum absolute atomic E-state index is 0.0294. The second kappa shape index (κ2) is 9.13. The summed E-state index contributed by atoms with van der Waals surface area (Å²) in [6.07, 6.45) is 0. The van der Waals surface area contributed by atoms with Gasteiger partial charge in [0.05, 0.1) is 20.0 Å². The predicted molar refractivity (Wildman–Crippen MR) is 112 cm³/mol.